The van der Waals surface area contributed by atoms with Crippen molar-refractivity contribution in [1.29, 1.82) is 0 Å². The van der Waals surface area contributed by atoms with E-state index >= 15 is 0 Å². The van der Waals surface area contributed by atoms with E-state index in [2.05, 4.69) is 10.6 Å². The van der Waals surface area contributed by atoms with Crippen LogP contribution in [-0.2, 0) is 9.59 Å². The second kappa shape index (κ2) is 7.57. The summed E-state index contributed by atoms with van der Waals surface area (Å²) in [6, 6.07) is 9.96. The van der Waals surface area contributed by atoms with Crippen LogP contribution >= 0.6 is 11.8 Å². The minimum Gasteiger partial charge on any atom is -0.366 e. The van der Waals surface area contributed by atoms with Crippen molar-refractivity contribution in [1.82, 2.24) is 5.32 Å². The summed E-state index contributed by atoms with van der Waals surface area (Å²) in [5.41, 5.74) is 6.36. The number of hydrogen-bond donors (Lipinski definition) is 3. The SMILES string of the molecule is NC(=O)c1cccc(NC(=O)C(=O)N[C@H]2CCSc3ccc(F)cc32)c1. The Kier molecular flexibility index (Phi) is 5.22. The van der Waals surface area contributed by atoms with Gasteiger partial charge in [-0.25, -0.2) is 4.39 Å². The Hall–Kier alpha value is -2.87. The van der Waals surface area contributed by atoms with E-state index in [1.54, 1.807) is 30.0 Å². The molecular weight excluding hydrogens is 357 g/mol. The van der Waals surface area contributed by atoms with Crippen molar-refractivity contribution in [3.05, 3.63) is 59.4 Å². The maximum absolute atomic E-state index is 13.5. The zero-order chi connectivity index (χ0) is 18.7. The average Bonchev–Trinajstić information content (AvgIpc) is 2.62. The van der Waals surface area contributed by atoms with Crippen LogP contribution in [0.3, 0.4) is 0 Å². The molecule has 0 spiro atoms. The highest BCUT2D eigenvalue weighted by Crippen LogP contribution is 2.36. The highest BCUT2D eigenvalue weighted by molar-refractivity contribution is 7.99. The second-order valence-corrected chi connectivity index (χ2v) is 6.88. The molecule has 0 radical (unpaired) electrons. The molecule has 0 saturated heterocycles. The van der Waals surface area contributed by atoms with E-state index < -0.39 is 29.6 Å². The van der Waals surface area contributed by atoms with Crippen molar-refractivity contribution in [2.75, 3.05) is 11.1 Å². The van der Waals surface area contributed by atoms with Gasteiger partial charge in [-0.2, -0.15) is 0 Å². The van der Waals surface area contributed by atoms with Crippen LogP contribution in [0, 0.1) is 5.82 Å². The first kappa shape index (κ1) is 17.9. The van der Waals surface area contributed by atoms with Crippen LogP contribution < -0.4 is 16.4 Å². The molecule has 4 N–H and O–H groups in total. The standard InChI is InChI=1S/C18H16FN3O3S/c19-11-4-5-15-13(9-11)14(6-7-26-15)22-18(25)17(24)21-12-3-1-2-10(8-12)16(20)23/h1-5,8-9,14H,6-7H2,(H2,20,23)(H,21,24)(H,22,25)/t14-/m0/s1. The Morgan fingerprint density at radius 2 is 1.92 bits per heavy atom. The molecule has 1 aliphatic rings. The van der Waals surface area contributed by atoms with Crippen LogP contribution in [0.25, 0.3) is 0 Å². The molecule has 0 unspecified atom stereocenters. The summed E-state index contributed by atoms with van der Waals surface area (Å²) in [6.07, 6.45) is 0.595. The highest BCUT2D eigenvalue weighted by atomic mass is 32.2. The molecule has 0 bridgehead atoms. The predicted molar refractivity (Wildman–Crippen MR) is 96.2 cm³/mol. The third-order valence-electron chi connectivity index (χ3n) is 3.93. The summed E-state index contributed by atoms with van der Waals surface area (Å²) < 4.78 is 13.5. The van der Waals surface area contributed by atoms with Crippen molar-refractivity contribution in [2.24, 2.45) is 5.73 Å². The minimum atomic E-state index is -0.872. The van der Waals surface area contributed by atoms with Crippen LogP contribution in [-0.4, -0.2) is 23.5 Å². The molecule has 0 saturated carbocycles. The Labute approximate surface area is 153 Å². The minimum absolute atomic E-state index is 0.219. The number of halogens is 1. The van der Waals surface area contributed by atoms with Crippen LogP contribution in [0.4, 0.5) is 10.1 Å². The topological polar surface area (TPSA) is 101 Å². The van der Waals surface area contributed by atoms with Gasteiger partial charge >= 0.3 is 11.8 Å². The van der Waals surface area contributed by atoms with Gasteiger partial charge in [-0.1, -0.05) is 6.07 Å². The number of amides is 3. The number of primary amides is 1. The molecule has 1 heterocycles. The van der Waals surface area contributed by atoms with E-state index in [0.717, 1.165) is 10.6 Å². The van der Waals surface area contributed by atoms with Crippen LogP contribution in [0.15, 0.2) is 47.4 Å². The van der Waals surface area contributed by atoms with Crippen molar-refractivity contribution >= 4 is 35.2 Å². The Morgan fingerprint density at radius 1 is 1.12 bits per heavy atom. The number of thioether (sulfide) groups is 1. The van der Waals surface area contributed by atoms with Gasteiger partial charge in [0.2, 0.25) is 5.91 Å². The Morgan fingerprint density at radius 3 is 2.69 bits per heavy atom. The first-order valence-corrected chi connectivity index (χ1v) is 8.86. The molecule has 3 rings (SSSR count). The fourth-order valence-corrected chi connectivity index (χ4v) is 3.78. The first-order valence-electron chi connectivity index (χ1n) is 7.88. The van der Waals surface area contributed by atoms with Gasteiger partial charge in [-0.15, -0.1) is 11.8 Å². The zero-order valence-electron chi connectivity index (χ0n) is 13.6. The van der Waals surface area contributed by atoms with Gasteiger partial charge in [0.1, 0.15) is 5.82 Å². The smallest absolute Gasteiger partial charge is 0.313 e. The van der Waals surface area contributed by atoms with Crippen LogP contribution in [0.5, 0.6) is 0 Å². The zero-order valence-corrected chi connectivity index (χ0v) is 14.4. The summed E-state index contributed by atoms with van der Waals surface area (Å²) in [4.78, 5) is 36.4. The number of carbonyl (C=O) groups excluding carboxylic acids is 3. The number of carbonyl (C=O) groups is 3. The molecule has 134 valence electrons. The first-order chi connectivity index (χ1) is 12.4. The Bertz CT molecular complexity index is 888. The van der Waals surface area contributed by atoms with Crippen molar-refractivity contribution in [3.8, 4) is 0 Å². The molecule has 3 amide bonds. The predicted octanol–water partition coefficient (Wildman–Crippen LogP) is 2.22. The van der Waals surface area contributed by atoms with E-state index in [1.165, 1.54) is 24.3 Å². The van der Waals surface area contributed by atoms with Gasteiger partial charge in [-0.3, -0.25) is 14.4 Å². The Balaban J connectivity index is 1.69. The largest absolute Gasteiger partial charge is 0.366 e. The summed E-state index contributed by atoms with van der Waals surface area (Å²) in [7, 11) is 0. The molecule has 2 aromatic carbocycles. The molecule has 2 aromatic rings. The fraction of sp³-hybridized carbons (Fsp3) is 0.167. The lowest BCUT2D eigenvalue weighted by Crippen LogP contribution is -2.38. The van der Waals surface area contributed by atoms with Gasteiger partial charge in [0.25, 0.3) is 0 Å². The van der Waals surface area contributed by atoms with Crippen molar-refractivity contribution < 1.29 is 18.8 Å². The van der Waals surface area contributed by atoms with E-state index in [1.807, 2.05) is 0 Å². The maximum Gasteiger partial charge on any atom is 0.313 e. The van der Waals surface area contributed by atoms with Crippen molar-refractivity contribution in [3.63, 3.8) is 0 Å². The van der Waals surface area contributed by atoms with Gasteiger partial charge in [0.15, 0.2) is 0 Å². The maximum atomic E-state index is 13.5. The molecule has 26 heavy (non-hydrogen) atoms. The lowest BCUT2D eigenvalue weighted by atomic mass is 10.0. The molecule has 0 aliphatic carbocycles. The quantitative estimate of drug-likeness (QED) is 0.718. The van der Waals surface area contributed by atoms with Gasteiger partial charge in [-0.05, 0) is 48.4 Å². The third kappa shape index (κ3) is 4.02. The second-order valence-electron chi connectivity index (χ2n) is 5.74. The number of fused-ring (bicyclic) bond motifs is 1. The number of rotatable bonds is 3. The number of nitrogens with one attached hydrogen (secondary N) is 2. The van der Waals surface area contributed by atoms with Crippen LogP contribution in [0.2, 0.25) is 0 Å². The summed E-state index contributed by atoms with van der Waals surface area (Å²) in [6.45, 7) is 0. The van der Waals surface area contributed by atoms with E-state index in [0.29, 0.717) is 12.0 Å². The van der Waals surface area contributed by atoms with E-state index in [-0.39, 0.29) is 11.3 Å². The number of nitrogens with two attached hydrogens (primary N) is 1. The van der Waals surface area contributed by atoms with E-state index in [9.17, 15) is 18.8 Å². The number of hydrogen-bond acceptors (Lipinski definition) is 4. The molecule has 0 fully saturated rings. The summed E-state index contributed by atoms with van der Waals surface area (Å²) >= 11 is 1.58. The molecule has 6 nitrogen and oxygen atoms in total. The average molecular weight is 373 g/mol. The van der Waals surface area contributed by atoms with Gasteiger partial charge < -0.3 is 16.4 Å². The number of anilines is 1. The fourth-order valence-electron chi connectivity index (χ4n) is 2.68. The van der Waals surface area contributed by atoms with Crippen LogP contribution in [0.1, 0.15) is 28.4 Å². The lowest BCUT2D eigenvalue weighted by Gasteiger charge is -2.25. The highest BCUT2D eigenvalue weighted by Gasteiger charge is 2.25. The molecule has 0 aromatic heterocycles. The molecule has 1 aliphatic heterocycles. The summed E-state index contributed by atoms with van der Waals surface area (Å²) in [5, 5.41) is 5.06. The normalized spacial score (nSPS) is 15.7. The molecule has 8 heteroatoms. The monoisotopic (exact) mass is 373 g/mol. The third-order valence-corrected chi connectivity index (χ3v) is 5.05. The van der Waals surface area contributed by atoms with Gasteiger partial charge in [0.05, 0.1) is 6.04 Å². The van der Waals surface area contributed by atoms with E-state index in [4.69, 9.17) is 5.73 Å². The summed E-state index contributed by atoms with van der Waals surface area (Å²) in [5.74, 6) is -1.97. The van der Waals surface area contributed by atoms with Crippen molar-refractivity contribution in [2.45, 2.75) is 17.4 Å². The lowest BCUT2D eigenvalue weighted by molar-refractivity contribution is -0.136. The molecular formula is C18H16FN3O3S. The molecule has 1 atom stereocenters. The number of benzene rings is 2. The van der Waals surface area contributed by atoms with Gasteiger partial charge in [0, 0.05) is 21.9 Å².